The molecule has 12 heteroatoms. The average molecular weight is 613 g/mol. The molecule has 1 amide bonds. The number of hydrogen-bond acceptors (Lipinski definition) is 5. The number of benzene rings is 2. The lowest BCUT2D eigenvalue weighted by Crippen LogP contribution is -2.37. The molecular formula is C33H32F2N7O3+. The Hall–Kier alpha value is -5.20. The minimum Gasteiger partial charge on any atom is -0.353 e. The summed E-state index contributed by atoms with van der Waals surface area (Å²) in [5.41, 5.74) is 2.99. The number of aromatic nitrogens is 5. The zero-order valence-corrected chi connectivity index (χ0v) is 25.1. The summed E-state index contributed by atoms with van der Waals surface area (Å²) in [6, 6.07) is 16.1. The Balaban J connectivity index is 1.33. The number of pyridine rings is 2. The molecule has 0 unspecified atom stereocenters. The zero-order chi connectivity index (χ0) is 31.7. The number of ether oxygens (including phenoxy) is 1. The van der Waals surface area contributed by atoms with Gasteiger partial charge in [-0.25, -0.2) is 18.4 Å². The number of fused-ring (bicyclic) bond motifs is 2. The topological polar surface area (TPSA) is 107 Å². The number of nitrogens with zero attached hydrogens (tertiary/aromatic N) is 5. The Labute approximate surface area is 257 Å². The van der Waals surface area contributed by atoms with Crippen LogP contribution in [0.3, 0.4) is 0 Å². The van der Waals surface area contributed by atoms with E-state index in [1.54, 1.807) is 16.9 Å². The molecule has 230 valence electrons. The Kier molecular flexibility index (Phi) is 8.00. The Bertz CT molecular complexity index is 2090. The Morgan fingerprint density at radius 2 is 1.87 bits per heavy atom. The summed E-state index contributed by atoms with van der Waals surface area (Å²) >= 11 is 0. The van der Waals surface area contributed by atoms with Gasteiger partial charge in [0.2, 0.25) is 0 Å². The highest BCUT2D eigenvalue weighted by atomic mass is 19.2. The smallest absolute Gasteiger partial charge is 0.263 e. The number of aromatic amines is 1. The van der Waals surface area contributed by atoms with Crippen molar-refractivity contribution in [2.24, 2.45) is 0 Å². The van der Waals surface area contributed by atoms with Crippen molar-refractivity contribution >= 4 is 33.7 Å². The number of halogens is 2. The summed E-state index contributed by atoms with van der Waals surface area (Å²) < 4.78 is 36.8. The van der Waals surface area contributed by atoms with Gasteiger partial charge in [-0.2, -0.15) is 5.10 Å². The molecule has 0 saturated carbocycles. The van der Waals surface area contributed by atoms with E-state index in [4.69, 9.17) is 4.74 Å². The van der Waals surface area contributed by atoms with Gasteiger partial charge in [0.05, 0.1) is 39.8 Å². The van der Waals surface area contributed by atoms with Crippen LogP contribution in [-0.4, -0.2) is 69.0 Å². The van der Waals surface area contributed by atoms with Gasteiger partial charge in [-0.15, -0.1) is 0 Å². The van der Waals surface area contributed by atoms with Gasteiger partial charge >= 0.3 is 0 Å². The van der Waals surface area contributed by atoms with Crippen LogP contribution in [0.2, 0.25) is 0 Å². The highest BCUT2D eigenvalue weighted by Gasteiger charge is 2.19. The fraction of sp³-hybridized carbons (Fsp3) is 0.212. The molecule has 6 rings (SSSR count). The predicted molar refractivity (Wildman–Crippen MR) is 168 cm³/mol. The molecule has 0 fully saturated rings. The van der Waals surface area contributed by atoms with E-state index in [9.17, 15) is 18.4 Å². The average Bonchev–Trinajstić information content (AvgIpc) is 3.59. The third-order valence-corrected chi connectivity index (χ3v) is 7.47. The highest BCUT2D eigenvalue weighted by Crippen LogP contribution is 2.33. The van der Waals surface area contributed by atoms with E-state index in [0.29, 0.717) is 17.6 Å². The molecule has 0 saturated heterocycles. The number of rotatable bonds is 10. The summed E-state index contributed by atoms with van der Waals surface area (Å²) in [6.45, 7) is 1.43. The first kappa shape index (κ1) is 29.9. The van der Waals surface area contributed by atoms with Crippen LogP contribution in [0.1, 0.15) is 15.9 Å². The first-order valence-electron chi connectivity index (χ1n) is 14.3. The maximum absolute atomic E-state index is 13.8. The molecule has 0 radical (unpaired) electrons. The summed E-state index contributed by atoms with van der Waals surface area (Å²) in [4.78, 5) is 34.4. The molecule has 2 N–H and O–H groups in total. The van der Waals surface area contributed by atoms with E-state index in [2.05, 4.69) is 41.5 Å². The Morgan fingerprint density at radius 1 is 1.02 bits per heavy atom. The van der Waals surface area contributed by atoms with Gasteiger partial charge in [0, 0.05) is 34.9 Å². The number of quaternary nitrogens is 1. The standard InChI is InChI=1S/C33H31F2N7O3/c1-42(2,3)14-15-45-20-41-29-11-9-22(26-18-37-30-23(26)6-4-12-36-30)17-25(29)31(39-41)38-32(43)24-7-5-13-40(33(24)44)19-21-8-10-27(34)28(35)16-21/h4-13,16-18H,14-15,19-20H2,1-3H3,(H-,36,37,38,39,43)/p+1. The highest BCUT2D eigenvalue weighted by molar-refractivity contribution is 6.08. The molecule has 0 aliphatic heterocycles. The minimum absolute atomic E-state index is 0.0395. The molecule has 4 aromatic heterocycles. The van der Waals surface area contributed by atoms with Crippen molar-refractivity contribution in [3.8, 4) is 11.1 Å². The van der Waals surface area contributed by atoms with Crippen molar-refractivity contribution in [3.63, 3.8) is 0 Å². The third kappa shape index (κ3) is 6.37. The van der Waals surface area contributed by atoms with Gasteiger partial charge in [-0.1, -0.05) is 12.1 Å². The van der Waals surface area contributed by atoms with Crippen LogP contribution in [0, 0.1) is 11.6 Å². The van der Waals surface area contributed by atoms with E-state index in [0.717, 1.165) is 50.8 Å². The molecule has 0 spiro atoms. The number of H-pyrrole nitrogens is 1. The third-order valence-electron chi connectivity index (χ3n) is 7.47. The molecule has 0 atom stereocenters. The van der Waals surface area contributed by atoms with Crippen LogP contribution >= 0.6 is 0 Å². The monoisotopic (exact) mass is 612 g/mol. The van der Waals surface area contributed by atoms with Crippen molar-refractivity contribution < 1.29 is 22.8 Å². The number of anilines is 1. The summed E-state index contributed by atoms with van der Waals surface area (Å²) in [7, 11) is 6.24. The first-order valence-corrected chi connectivity index (χ1v) is 14.3. The maximum Gasteiger partial charge on any atom is 0.263 e. The summed E-state index contributed by atoms with van der Waals surface area (Å²) in [5, 5.41) is 9.09. The Morgan fingerprint density at radius 3 is 2.67 bits per heavy atom. The molecule has 6 aromatic rings. The maximum atomic E-state index is 13.8. The summed E-state index contributed by atoms with van der Waals surface area (Å²) in [5.74, 6) is -2.38. The molecule has 0 aliphatic carbocycles. The van der Waals surface area contributed by atoms with Crippen LogP contribution in [0.4, 0.5) is 14.6 Å². The SMILES string of the molecule is C[N+](C)(C)CCOCn1nc(NC(=O)c2cccn(Cc3ccc(F)c(F)c3)c2=O)c2cc(-c3c[nH]c4ncccc34)ccc21. The number of amides is 1. The van der Waals surface area contributed by atoms with Gasteiger partial charge in [0.15, 0.2) is 17.5 Å². The van der Waals surface area contributed by atoms with E-state index >= 15 is 0 Å². The number of carbonyl (C=O) groups excluding carboxylic acids is 1. The van der Waals surface area contributed by atoms with Crippen LogP contribution in [0.25, 0.3) is 33.1 Å². The van der Waals surface area contributed by atoms with E-state index in [1.807, 2.05) is 36.5 Å². The number of hydrogen-bond donors (Lipinski definition) is 2. The molecule has 4 heterocycles. The molecule has 0 bridgehead atoms. The van der Waals surface area contributed by atoms with E-state index in [1.165, 1.54) is 22.9 Å². The second kappa shape index (κ2) is 12.1. The van der Waals surface area contributed by atoms with Crippen molar-refractivity contribution in [2.45, 2.75) is 13.3 Å². The second-order valence-electron chi connectivity index (χ2n) is 11.8. The second-order valence-corrected chi connectivity index (χ2v) is 11.8. The van der Waals surface area contributed by atoms with Crippen molar-refractivity contribution in [1.29, 1.82) is 0 Å². The molecule has 45 heavy (non-hydrogen) atoms. The zero-order valence-electron chi connectivity index (χ0n) is 25.1. The quantitative estimate of drug-likeness (QED) is 0.167. The van der Waals surface area contributed by atoms with Crippen molar-refractivity contribution in [2.75, 3.05) is 39.6 Å². The van der Waals surface area contributed by atoms with Crippen LogP contribution in [-0.2, 0) is 18.0 Å². The lowest BCUT2D eigenvalue weighted by molar-refractivity contribution is -0.870. The minimum atomic E-state index is -1.01. The summed E-state index contributed by atoms with van der Waals surface area (Å²) in [6.07, 6.45) is 5.09. The number of likely N-dealkylation sites (N-methyl/N-ethyl adjacent to an activating group) is 1. The molecule has 10 nitrogen and oxygen atoms in total. The number of nitrogens with one attached hydrogen (secondary N) is 2. The fourth-order valence-electron chi connectivity index (χ4n) is 5.07. The van der Waals surface area contributed by atoms with Gasteiger partial charge < -0.3 is 24.1 Å². The van der Waals surface area contributed by atoms with E-state index < -0.39 is 23.1 Å². The molecule has 0 aliphatic rings. The van der Waals surface area contributed by atoms with Gasteiger partial charge in [0.25, 0.3) is 11.5 Å². The van der Waals surface area contributed by atoms with Crippen LogP contribution in [0.15, 0.2) is 84.0 Å². The lowest BCUT2D eigenvalue weighted by atomic mass is 10.0. The number of carbonyl (C=O) groups is 1. The van der Waals surface area contributed by atoms with Crippen LogP contribution in [0.5, 0.6) is 0 Å². The van der Waals surface area contributed by atoms with Crippen molar-refractivity contribution in [3.05, 3.63) is 112 Å². The lowest BCUT2D eigenvalue weighted by Gasteiger charge is -2.23. The largest absolute Gasteiger partial charge is 0.353 e. The van der Waals surface area contributed by atoms with Gasteiger partial charge in [-0.3, -0.25) is 9.59 Å². The first-order chi connectivity index (χ1) is 21.6. The fourth-order valence-corrected chi connectivity index (χ4v) is 5.07. The van der Waals surface area contributed by atoms with E-state index in [-0.39, 0.29) is 24.7 Å². The normalized spacial score (nSPS) is 11.8. The van der Waals surface area contributed by atoms with Crippen molar-refractivity contribution in [1.82, 2.24) is 24.3 Å². The predicted octanol–water partition coefficient (Wildman–Crippen LogP) is 5.00. The van der Waals surface area contributed by atoms with Gasteiger partial charge in [0.1, 0.15) is 24.5 Å². The molecule has 2 aromatic carbocycles. The molecular weight excluding hydrogens is 580 g/mol. The van der Waals surface area contributed by atoms with Gasteiger partial charge in [-0.05, 0) is 59.7 Å². The van der Waals surface area contributed by atoms with Crippen LogP contribution < -0.4 is 10.9 Å².